The maximum Gasteiger partial charge on any atom is 0.261 e. The van der Waals surface area contributed by atoms with Crippen LogP contribution in [0.3, 0.4) is 0 Å². The highest BCUT2D eigenvalue weighted by atomic mass is 16.5. The molecule has 0 unspecified atom stereocenters. The van der Waals surface area contributed by atoms with Gasteiger partial charge in [0.15, 0.2) is 11.7 Å². The number of rotatable bonds is 1. The number of aryl methyl sites for hydroxylation is 1. The lowest BCUT2D eigenvalue weighted by Crippen LogP contribution is -2.57. The van der Waals surface area contributed by atoms with Gasteiger partial charge in [-0.3, -0.25) is 5.43 Å². The number of amidine groups is 1. The first-order valence-electron chi connectivity index (χ1n) is 6.83. The van der Waals surface area contributed by atoms with E-state index in [-0.39, 0.29) is 5.66 Å². The molecule has 20 heavy (non-hydrogen) atoms. The Morgan fingerprint density at radius 3 is 2.95 bits per heavy atom. The minimum atomic E-state index is -0.119. The van der Waals surface area contributed by atoms with Gasteiger partial charge in [-0.05, 0) is 32.2 Å². The number of hydrogen-bond donors (Lipinski definition) is 2. The van der Waals surface area contributed by atoms with E-state index in [1.54, 1.807) is 0 Å². The summed E-state index contributed by atoms with van der Waals surface area (Å²) in [6.45, 7) is 3.78. The van der Waals surface area contributed by atoms with Crippen molar-refractivity contribution in [3.8, 4) is 0 Å². The molecular formula is C13H16N6O. The lowest BCUT2D eigenvalue weighted by Gasteiger charge is -2.41. The lowest BCUT2D eigenvalue weighted by atomic mass is 9.95. The van der Waals surface area contributed by atoms with E-state index in [9.17, 15) is 0 Å². The third-order valence-electron chi connectivity index (χ3n) is 3.99. The average molecular weight is 272 g/mol. The molecule has 2 N–H and O–H groups in total. The molecular weight excluding hydrogens is 256 g/mol. The average Bonchev–Trinajstić information content (AvgIpc) is 3.06. The van der Waals surface area contributed by atoms with E-state index in [0.717, 1.165) is 37.3 Å². The van der Waals surface area contributed by atoms with Gasteiger partial charge in [0.2, 0.25) is 0 Å². The van der Waals surface area contributed by atoms with Crippen molar-refractivity contribution in [2.24, 2.45) is 5.10 Å². The number of nitrogens with zero attached hydrogens (tertiary/aromatic N) is 4. The van der Waals surface area contributed by atoms with E-state index < -0.39 is 0 Å². The van der Waals surface area contributed by atoms with E-state index in [2.05, 4.69) is 37.1 Å². The fraction of sp³-hybridized carbons (Fsp3) is 0.462. The maximum atomic E-state index is 5.28. The van der Waals surface area contributed by atoms with Crippen LogP contribution < -0.4 is 10.7 Å². The lowest BCUT2D eigenvalue weighted by molar-refractivity contribution is 0.148. The standard InChI is InChI=1S/C13H16N6O/c1-9-15-12(20-17-9)10-3-2-8-19-11(10)16-18-13(19)4-6-14-7-5-13/h2-3,8,14,18H,4-7H2,1H3. The Hall–Kier alpha value is -2.15. The monoisotopic (exact) mass is 272 g/mol. The van der Waals surface area contributed by atoms with Crippen LogP contribution in [0.15, 0.2) is 28.0 Å². The summed E-state index contributed by atoms with van der Waals surface area (Å²) < 4.78 is 5.28. The van der Waals surface area contributed by atoms with Crippen LogP contribution in [-0.4, -0.2) is 39.6 Å². The number of hydrazone groups is 1. The van der Waals surface area contributed by atoms with Crippen LogP contribution >= 0.6 is 0 Å². The fourth-order valence-corrected chi connectivity index (χ4v) is 2.94. The van der Waals surface area contributed by atoms with E-state index >= 15 is 0 Å². The normalized spacial score (nSPS) is 23.4. The molecule has 0 radical (unpaired) electrons. The third kappa shape index (κ3) is 1.59. The highest BCUT2D eigenvalue weighted by Gasteiger charge is 2.45. The van der Waals surface area contributed by atoms with Crippen LogP contribution in [0.4, 0.5) is 0 Å². The van der Waals surface area contributed by atoms with Crippen LogP contribution in [0.25, 0.3) is 5.57 Å². The first kappa shape index (κ1) is 11.7. The van der Waals surface area contributed by atoms with Gasteiger partial charge in [-0.15, -0.1) is 0 Å². The molecule has 1 saturated heterocycles. The maximum absolute atomic E-state index is 5.28. The Morgan fingerprint density at radius 1 is 1.35 bits per heavy atom. The molecule has 1 aromatic heterocycles. The molecule has 4 heterocycles. The first-order valence-corrected chi connectivity index (χ1v) is 6.83. The second-order valence-corrected chi connectivity index (χ2v) is 5.27. The largest absolute Gasteiger partial charge is 0.334 e. The van der Waals surface area contributed by atoms with E-state index in [0.29, 0.717) is 11.7 Å². The molecule has 0 aliphatic carbocycles. The van der Waals surface area contributed by atoms with Crippen LogP contribution in [0.1, 0.15) is 24.6 Å². The van der Waals surface area contributed by atoms with Crippen molar-refractivity contribution >= 4 is 11.4 Å². The predicted molar refractivity (Wildman–Crippen MR) is 73.4 cm³/mol. The molecule has 104 valence electrons. The number of fused-ring (bicyclic) bond motifs is 2. The van der Waals surface area contributed by atoms with Crippen LogP contribution in [-0.2, 0) is 0 Å². The zero-order valence-electron chi connectivity index (χ0n) is 11.3. The fourth-order valence-electron chi connectivity index (χ4n) is 2.94. The molecule has 4 rings (SSSR count). The summed E-state index contributed by atoms with van der Waals surface area (Å²) in [6.07, 6.45) is 8.03. The van der Waals surface area contributed by atoms with Crippen LogP contribution in [0.5, 0.6) is 0 Å². The van der Waals surface area contributed by atoms with Gasteiger partial charge in [-0.1, -0.05) is 5.16 Å². The van der Waals surface area contributed by atoms with Gasteiger partial charge in [-0.2, -0.15) is 10.1 Å². The van der Waals surface area contributed by atoms with Crippen LogP contribution in [0, 0.1) is 6.92 Å². The summed E-state index contributed by atoms with van der Waals surface area (Å²) in [5.41, 5.74) is 4.06. The highest BCUT2D eigenvalue weighted by Crippen LogP contribution is 2.34. The third-order valence-corrected chi connectivity index (χ3v) is 3.99. The van der Waals surface area contributed by atoms with E-state index in [1.165, 1.54) is 0 Å². The second kappa shape index (κ2) is 4.17. The molecule has 0 amide bonds. The molecule has 0 aromatic carbocycles. The molecule has 7 heteroatoms. The quantitative estimate of drug-likeness (QED) is 0.779. The van der Waals surface area contributed by atoms with Gasteiger partial charge >= 0.3 is 0 Å². The molecule has 1 fully saturated rings. The predicted octanol–water partition coefficient (Wildman–Crippen LogP) is 0.587. The molecule has 1 aromatic rings. The van der Waals surface area contributed by atoms with Crippen molar-refractivity contribution in [2.75, 3.05) is 13.1 Å². The zero-order chi connectivity index (χ0) is 13.6. The van der Waals surface area contributed by atoms with Crippen molar-refractivity contribution in [2.45, 2.75) is 25.4 Å². The molecule has 7 nitrogen and oxygen atoms in total. The number of aromatic nitrogens is 2. The summed E-state index contributed by atoms with van der Waals surface area (Å²) in [7, 11) is 0. The first-order chi connectivity index (χ1) is 9.78. The Balaban J connectivity index is 1.69. The zero-order valence-corrected chi connectivity index (χ0v) is 11.3. The minimum Gasteiger partial charge on any atom is -0.334 e. The smallest absolute Gasteiger partial charge is 0.261 e. The summed E-state index contributed by atoms with van der Waals surface area (Å²) >= 11 is 0. The number of piperidine rings is 1. The molecule has 1 spiro atoms. The molecule has 0 saturated carbocycles. The minimum absolute atomic E-state index is 0.119. The summed E-state index contributed by atoms with van der Waals surface area (Å²) in [5.74, 6) is 2.01. The Bertz CT molecular complexity index is 623. The highest BCUT2D eigenvalue weighted by molar-refractivity contribution is 6.23. The number of nitrogens with one attached hydrogen (secondary N) is 2. The Kier molecular flexibility index (Phi) is 2.43. The number of allylic oxidation sites excluding steroid dienone is 2. The Morgan fingerprint density at radius 2 is 2.20 bits per heavy atom. The number of hydrogen-bond acceptors (Lipinski definition) is 7. The topological polar surface area (TPSA) is 78.6 Å². The van der Waals surface area contributed by atoms with Gasteiger partial charge < -0.3 is 14.7 Å². The molecule has 3 aliphatic rings. The van der Waals surface area contributed by atoms with Crippen molar-refractivity contribution < 1.29 is 4.52 Å². The Labute approximate surface area is 116 Å². The molecule has 0 atom stereocenters. The van der Waals surface area contributed by atoms with Gasteiger partial charge in [0.25, 0.3) is 5.89 Å². The van der Waals surface area contributed by atoms with E-state index in [1.807, 2.05) is 19.1 Å². The van der Waals surface area contributed by atoms with Crippen molar-refractivity contribution in [3.63, 3.8) is 0 Å². The van der Waals surface area contributed by atoms with Gasteiger partial charge in [0.05, 0.1) is 5.57 Å². The second-order valence-electron chi connectivity index (χ2n) is 5.27. The summed E-state index contributed by atoms with van der Waals surface area (Å²) in [4.78, 5) is 6.50. The summed E-state index contributed by atoms with van der Waals surface area (Å²) in [6, 6.07) is 0. The van der Waals surface area contributed by atoms with Gasteiger partial charge in [0, 0.05) is 19.0 Å². The molecule has 3 aliphatic heterocycles. The van der Waals surface area contributed by atoms with Crippen molar-refractivity contribution in [1.29, 1.82) is 0 Å². The van der Waals surface area contributed by atoms with Crippen molar-refractivity contribution in [3.05, 3.63) is 30.1 Å². The van der Waals surface area contributed by atoms with E-state index in [4.69, 9.17) is 4.52 Å². The summed E-state index contributed by atoms with van der Waals surface area (Å²) in [5, 5.41) is 11.8. The van der Waals surface area contributed by atoms with Crippen LogP contribution in [0.2, 0.25) is 0 Å². The van der Waals surface area contributed by atoms with Gasteiger partial charge in [-0.25, -0.2) is 0 Å². The van der Waals surface area contributed by atoms with Gasteiger partial charge in [0.1, 0.15) is 5.66 Å². The molecule has 0 bridgehead atoms. The SMILES string of the molecule is Cc1noc(C2=CC=CN3C2=NNC32CCNCC2)n1. The van der Waals surface area contributed by atoms with Crippen molar-refractivity contribution in [1.82, 2.24) is 25.8 Å².